The molecular weight excluding hydrogens is 262 g/mol. The molecule has 2 fully saturated rings. The van der Waals surface area contributed by atoms with Crippen LogP contribution in [0.3, 0.4) is 0 Å². The van der Waals surface area contributed by atoms with Gasteiger partial charge in [0.1, 0.15) is 0 Å². The van der Waals surface area contributed by atoms with Gasteiger partial charge in [-0.3, -0.25) is 9.69 Å². The van der Waals surface area contributed by atoms with Crippen molar-refractivity contribution in [1.82, 2.24) is 4.90 Å². The van der Waals surface area contributed by atoms with Crippen LogP contribution in [0.4, 0.5) is 14.5 Å². The smallest absolute Gasteiger partial charge is 0.251 e. The van der Waals surface area contributed by atoms with Gasteiger partial charge in [-0.15, -0.1) is 0 Å². The van der Waals surface area contributed by atoms with Crippen LogP contribution in [-0.4, -0.2) is 42.9 Å². The number of piperazine rings is 1. The van der Waals surface area contributed by atoms with E-state index in [2.05, 4.69) is 0 Å². The first-order valence-electron chi connectivity index (χ1n) is 7.02. The predicted octanol–water partition coefficient (Wildman–Crippen LogP) is 2.38. The van der Waals surface area contributed by atoms with E-state index in [9.17, 15) is 13.6 Å². The fourth-order valence-corrected chi connectivity index (χ4v) is 2.71. The minimum absolute atomic E-state index is 0.0188. The molecule has 2 aliphatic rings. The number of benzene rings is 1. The third-order valence-corrected chi connectivity index (χ3v) is 4.12. The highest BCUT2D eigenvalue weighted by molar-refractivity contribution is 5.95. The number of halogens is 2. The van der Waals surface area contributed by atoms with Crippen molar-refractivity contribution in [3.8, 4) is 0 Å². The first-order chi connectivity index (χ1) is 9.56. The van der Waals surface area contributed by atoms with Crippen molar-refractivity contribution in [2.75, 3.05) is 31.1 Å². The van der Waals surface area contributed by atoms with Crippen LogP contribution in [0, 0.1) is 5.92 Å². The van der Waals surface area contributed by atoms with Crippen LogP contribution < -0.4 is 4.90 Å². The molecule has 1 saturated carbocycles. The maximum Gasteiger partial charge on any atom is 0.251 e. The second-order valence-corrected chi connectivity index (χ2v) is 5.61. The molecule has 0 spiro atoms. The number of carbonyl (C=O) groups excluding carboxylic acids is 1. The SMILES string of the molecule is O=C1CN(CC[C@@H]2CC2(F)F)CCN1c1ccccc1. The Labute approximate surface area is 117 Å². The van der Waals surface area contributed by atoms with Crippen molar-refractivity contribution >= 4 is 11.6 Å². The minimum Gasteiger partial charge on any atom is -0.310 e. The number of para-hydroxylation sites is 1. The number of rotatable bonds is 4. The molecule has 0 radical (unpaired) electrons. The maximum atomic E-state index is 12.8. The van der Waals surface area contributed by atoms with Crippen molar-refractivity contribution in [2.45, 2.75) is 18.8 Å². The van der Waals surface area contributed by atoms with E-state index in [-0.39, 0.29) is 12.3 Å². The maximum absolute atomic E-state index is 12.8. The topological polar surface area (TPSA) is 23.6 Å². The number of hydrogen-bond donors (Lipinski definition) is 0. The molecule has 0 bridgehead atoms. The molecule has 3 rings (SSSR count). The summed E-state index contributed by atoms with van der Waals surface area (Å²) >= 11 is 0. The van der Waals surface area contributed by atoms with Crippen LogP contribution >= 0.6 is 0 Å². The zero-order chi connectivity index (χ0) is 14.2. The van der Waals surface area contributed by atoms with Crippen LogP contribution in [-0.2, 0) is 4.79 Å². The van der Waals surface area contributed by atoms with Crippen LogP contribution in [0.5, 0.6) is 0 Å². The van der Waals surface area contributed by atoms with Gasteiger partial charge >= 0.3 is 0 Å². The largest absolute Gasteiger partial charge is 0.310 e. The zero-order valence-electron chi connectivity index (χ0n) is 11.3. The number of alkyl halides is 2. The molecule has 1 aromatic carbocycles. The first-order valence-corrected chi connectivity index (χ1v) is 7.02. The van der Waals surface area contributed by atoms with Gasteiger partial charge in [-0.2, -0.15) is 0 Å². The molecule has 0 unspecified atom stereocenters. The molecule has 0 aromatic heterocycles. The van der Waals surface area contributed by atoms with E-state index in [1.807, 2.05) is 35.2 Å². The predicted molar refractivity (Wildman–Crippen MR) is 72.9 cm³/mol. The summed E-state index contributed by atoms with van der Waals surface area (Å²) in [6.07, 6.45) is 0.510. The van der Waals surface area contributed by atoms with E-state index in [0.29, 0.717) is 26.1 Å². The van der Waals surface area contributed by atoms with Crippen molar-refractivity contribution in [1.29, 1.82) is 0 Å². The molecule has 1 heterocycles. The molecule has 1 aromatic rings. The average Bonchev–Trinajstić information content (AvgIpc) is 3.05. The standard InChI is InChI=1S/C15H18F2N2O/c16-15(17)10-12(15)6-7-18-8-9-19(14(20)11-18)13-4-2-1-3-5-13/h1-5,12H,6-11H2/t12-/m1/s1. The summed E-state index contributed by atoms with van der Waals surface area (Å²) in [5, 5.41) is 0. The van der Waals surface area contributed by atoms with E-state index in [0.717, 1.165) is 12.2 Å². The van der Waals surface area contributed by atoms with Crippen LogP contribution in [0.25, 0.3) is 0 Å². The first kappa shape index (κ1) is 13.5. The van der Waals surface area contributed by atoms with Crippen LogP contribution in [0.1, 0.15) is 12.8 Å². The number of nitrogens with zero attached hydrogens (tertiary/aromatic N) is 2. The molecule has 1 amide bonds. The van der Waals surface area contributed by atoms with Gasteiger partial charge in [0.25, 0.3) is 5.92 Å². The Balaban J connectivity index is 1.51. The third-order valence-electron chi connectivity index (χ3n) is 4.12. The van der Waals surface area contributed by atoms with Crippen molar-refractivity contribution in [3.05, 3.63) is 30.3 Å². The number of anilines is 1. The normalized spacial score (nSPS) is 25.8. The van der Waals surface area contributed by atoms with Gasteiger partial charge in [-0.05, 0) is 25.1 Å². The number of carbonyl (C=O) groups is 1. The Hall–Kier alpha value is -1.49. The highest BCUT2D eigenvalue weighted by Crippen LogP contribution is 2.50. The molecule has 1 aliphatic carbocycles. The van der Waals surface area contributed by atoms with Gasteiger partial charge < -0.3 is 4.90 Å². The summed E-state index contributed by atoms with van der Waals surface area (Å²) in [6, 6.07) is 9.56. The summed E-state index contributed by atoms with van der Waals surface area (Å²) in [6.45, 7) is 2.30. The van der Waals surface area contributed by atoms with E-state index < -0.39 is 11.8 Å². The Kier molecular flexibility index (Phi) is 3.46. The van der Waals surface area contributed by atoms with Crippen LogP contribution in [0.2, 0.25) is 0 Å². The van der Waals surface area contributed by atoms with E-state index in [1.165, 1.54) is 0 Å². The Morgan fingerprint density at radius 3 is 2.50 bits per heavy atom. The van der Waals surface area contributed by atoms with Gasteiger partial charge in [-0.1, -0.05) is 18.2 Å². The summed E-state index contributed by atoms with van der Waals surface area (Å²) < 4.78 is 25.6. The number of amides is 1. The van der Waals surface area contributed by atoms with E-state index >= 15 is 0 Å². The molecule has 20 heavy (non-hydrogen) atoms. The second kappa shape index (κ2) is 5.13. The Morgan fingerprint density at radius 2 is 1.90 bits per heavy atom. The highest BCUT2D eigenvalue weighted by Gasteiger charge is 2.56. The summed E-state index contributed by atoms with van der Waals surface area (Å²) in [4.78, 5) is 15.9. The van der Waals surface area contributed by atoms with E-state index in [1.54, 1.807) is 4.90 Å². The van der Waals surface area contributed by atoms with Crippen molar-refractivity contribution < 1.29 is 13.6 Å². The van der Waals surface area contributed by atoms with Gasteiger partial charge in [0, 0.05) is 31.1 Å². The fraction of sp³-hybridized carbons (Fsp3) is 0.533. The van der Waals surface area contributed by atoms with Gasteiger partial charge in [0.2, 0.25) is 5.91 Å². The lowest BCUT2D eigenvalue weighted by Gasteiger charge is -2.34. The summed E-state index contributed by atoms with van der Waals surface area (Å²) in [5.41, 5.74) is 0.908. The molecule has 3 nitrogen and oxygen atoms in total. The summed E-state index contributed by atoms with van der Waals surface area (Å²) in [5.74, 6) is -2.87. The average molecular weight is 280 g/mol. The molecular formula is C15H18F2N2O. The number of hydrogen-bond acceptors (Lipinski definition) is 2. The summed E-state index contributed by atoms with van der Waals surface area (Å²) in [7, 11) is 0. The third kappa shape index (κ3) is 2.82. The molecule has 1 aliphatic heterocycles. The molecule has 108 valence electrons. The van der Waals surface area contributed by atoms with Gasteiger partial charge in [-0.25, -0.2) is 8.78 Å². The molecule has 0 N–H and O–H groups in total. The molecule has 1 saturated heterocycles. The van der Waals surface area contributed by atoms with Crippen LogP contribution in [0.15, 0.2) is 30.3 Å². The monoisotopic (exact) mass is 280 g/mol. The quantitative estimate of drug-likeness (QED) is 0.845. The highest BCUT2D eigenvalue weighted by atomic mass is 19.3. The lowest BCUT2D eigenvalue weighted by atomic mass is 10.2. The zero-order valence-corrected chi connectivity index (χ0v) is 11.3. The lowest BCUT2D eigenvalue weighted by molar-refractivity contribution is -0.121. The second-order valence-electron chi connectivity index (χ2n) is 5.61. The van der Waals surface area contributed by atoms with Gasteiger partial charge in [0.05, 0.1) is 6.54 Å². The Bertz CT molecular complexity index is 492. The fourth-order valence-electron chi connectivity index (χ4n) is 2.71. The lowest BCUT2D eigenvalue weighted by Crippen LogP contribution is -2.50. The van der Waals surface area contributed by atoms with E-state index in [4.69, 9.17) is 0 Å². The minimum atomic E-state index is -2.45. The van der Waals surface area contributed by atoms with Crippen molar-refractivity contribution in [3.63, 3.8) is 0 Å². The van der Waals surface area contributed by atoms with Crippen molar-refractivity contribution in [2.24, 2.45) is 5.92 Å². The molecule has 1 atom stereocenters. The molecule has 5 heteroatoms. The van der Waals surface area contributed by atoms with Gasteiger partial charge in [0.15, 0.2) is 0 Å². The Morgan fingerprint density at radius 1 is 1.20 bits per heavy atom.